The molecule has 0 aliphatic rings. The number of carbonyl (C=O) groups excluding carboxylic acids is 1. The van der Waals surface area contributed by atoms with Crippen LogP contribution in [0.3, 0.4) is 0 Å². The highest BCUT2D eigenvalue weighted by atomic mass is 32.2. The van der Waals surface area contributed by atoms with Gasteiger partial charge in [0.2, 0.25) is 0 Å². The Kier molecular flexibility index (Phi) is 5.09. The van der Waals surface area contributed by atoms with Crippen LogP contribution < -0.4 is 14.2 Å². The Morgan fingerprint density at radius 2 is 1.89 bits per heavy atom. The van der Waals surface area contributed by atoms with Gasteiger partial charge >= 0.3 is 5.91 Å². The van der Waals surface area contributed by atoms with E-state index in [4.69, 9.17) is 13.9 Å². The molecule has 0 radical (unpaired) electrons. The first-order valence-corrected chi connectivity index (χ1v) is 9.71. The largest absolute Gasteiger partial charge is 0.496 e. The molecule has 3 rings (SSSR count). The molecule has 0 unspecified atom stereocenters. The molecule has 1 heterocycles. The lowest BCUT2D eigenvalue weighted by Crippen LogP contribution is -2.30. The number of ether oxygens (including phenoxy) is 2. The van der Waals surface area contributed by atoms with Gasteiger partial charge in [-0.1, -0.05) is 12.1 Å². The molecule has 0 saturated heterocycles. The lowest BCUT2D eigenvalue weighted by Gasteiger charge is -2.10. The van der Waals surface area contributed by atoms with Crippen LogP contribution in [0.4, 0.5) is 0 Å². The van der Waals surface area contributed by atoms with Gasteiger partial charge in [-0.25, -0.2) is 13.1 Å². The molecule has 0 aliphatic carbocycles. The summed E-state index contributed by atoms with van der Waals surface area (Å²) in [5.41, 5.74) is 1.32. The summed E-state index contributed by atoms with van der Waals surface area (Å²) in [4.78, 5) is 12.4. The van der Waals surface area contributed by atoms with Crippen molar-refractivity contribution < 1.29 is 27.1 Å². The van der Waals surface area contributed by atoms with Gasteiger partial charge in [0.15, 0.2) is 5.76 Å². The predicted octanol–water partition coefficient (Wildman–Crippen LogP) is 3.27. The number of benzene rings is 2. The van der Waals surface area contributed by atoms with Crippen molar-refractivity contribution in [3.63, 3.8) is 0 Å². The zero-order chi connectivity index (χ0) is 19.6. The molecule has 1 aromatic heterocycles. The van der Waals surface area contributed by atoms with E-state index in [1.54, 1.807) is 31.2 Å². The highest BCUT2D eigenvalue weighted by Gasteiger charge is 2.25. The van der Waals surface area contributed by atoms with Gasteiger partial charge in [0.25, 0.3) is 10.0 Å². The number of hydrogen-bond donors (Lipinski definition) is 1. The summed E-state index contributed by atoms with van der Waals surface area (Å²) in [6, 6.07) is 11.1. The highest BCUT2D eigenvalue weighted by Crippen LogP contribution is 2.30. The van der Waals surface area contributed by atoms with E-state index in [1.165, 1.54) is 25.3 Å². The number of carbonyl (C=O) groups is 1. The van der Waals surface area contributed by atoms with Crippen LogP contribution in [-0.2, 0) is 10.0 Å². The Bertz CT molecular complexity index is 1100. The van der Waals surface area contributed by atoms with E-state index in [9.17, 15) is 13.2 Å². The van der Waals surface area contributed by atoms with Gasteiger partial charge in [0.1, 0.15) is 22.0 Å². The first-order chi connectivity index (χ1) is 12.9. The van der Waals surface area contributed by atoms with E-state index < -0.39 is 15.9 Å². The van der Waals surface area contributed by atoms with E-state index in [2.05, 4.69) is 0 Å². The maximum atomic E-state index is 12.6. The minimum absolute atomic E-state index is 0.121. The molecule has 1 N–H and O–H groups in total. The molecular weight excluding hydrogens is 370 g/mol. The molecule has 7 nitrogen and oxygen atoms in total. The molecule has 0 aliphatic heterocycles. The van der Waals surface area contributed by atoms with Crippen molar-refractivity contribution in [1.29, 1.82) is 0 Å². The SMILES string of the molecule is CCOc1ccccc1S(=O)(=O)NC(=O)c1cc2c(OC)cc(C)cc2o1. The zero-order valence-electron chi connectivity index (χ0n) is 15.1. The van der Waals surface area contributed by atoms with Crippen molar-refractivity contribution in [1.82, 2.24) is 4.72 Å². The fourth-order valence-electron chi connectivity index (χ4n) is 2.69. The monoisotopic (exact) mass is 389 g/mol. The molecule has 3 aromatic rings. The number of furan rings is 1. The van der Waals surface area contributed by atoms with E-state index in [-0.39, 0.29) is 16.4 Å². The van der Waals surface area contributed by atoms with E-state index in [0.29, 0.717) is 23.3 Å². The summed E-state index contributed by atoms with van der Waals surface area (Å²) in [6.45, 7) is 3.90. The molecule has 142 valence electrons. The van der Waals surface area contributed by atoms with E-state index >= 15 is 0 Å². The molecule has 1 amide bonds. The molecule has 2 aromatic carbocycles. The Morgan fingerprint density at radius 3 is 2.59 bits per heavy atom. The summed E-state index contributed by atoms with van der Waals surface area (Å²) in [6.07, 6.45) is 0. The smallest absolute Gasteiger partial charge is 0.300 e. The molecule has 0 saturated carbocycles. The third kappa shape index (κ3) is 3.75. The number of amides is 1. The number of para-hydroxylation sites is 1. The van der Waals surface area contributed by atoms with Gasteiger partial charge in [0.05, 0.1) is 19.1 Å². The van der Waals surface area contributed by atoms with Crippen LogP contribution in [0.25, 0.3) is 11.0 Å². The molecule has 0 bridgehead atoms. The molecule has 0 atom stereocenters. The summed E-state index contributed by atoms with van der Waals surface area (Å²) >= 11 is 0. The summed E-state index contributed by atoms with van der Waals surface area (Å²) in [5, 5.41) is 0.584. The lowest BCUT2D eigenvalue weighted by atomic mass is 10.1. The van der Waals surface area contributed by atoms with Crippen molar-refractivity contribution in [2.24, 2.45) is 0 Å². The number of rotatable bonds is 6. The predicted molar refractivity (Wildman–Crippen MR) is 99.8 cm³/mol. The van der Waals surface area contributed by atoms with Crippen molar-refractivity contribution in [3.8, 4) is 11.5 Å². The third-order valence-corrected chi connectivity index (χ3v) is 5.22. The topological polar surface area (TPSA) is 94.8 Å². The highest BCUT2D eigenvalue weighted by molar-refractivity contribution is 7.90. The van der Waals surface area contributed by atoms with Crippen molar-refractivity contribution >= 4 is 26.9 Å². The lowest BCUT2D eigenvalue weighted by molar-refractivity contribution is 0.0956. The maximum absolute atomic E-state index is 12.6. The number of methoxy groups -OCH3 is 1. The van der Waals surface area contributed by atoms with E-state index in [1.807, 2.05) is 11.6 Å². The van der Waals surface area contributed by atoms with E-state index in [0.717, 1.165) is 5.56 Å². The van der Waals surface area contributed by atoms with Crippen LogP contribution in [0.5, 0.6) is 11.5 Å². The van der Waals surface area contributed by atoms with Gasteiger partial charge in [-0.3, -0.25) is 4.79 Å². The van der Waals surface area contributed by atoms with Gasteiger partial charge in [-0.05, 0) is 43.7 Å². The Balaban J connectivity index is 1.94. The average Bonchev–Trinajstić information content (AvgIpc) is 3.05. The van der Waals surface area contributed by atoms with Crippen LogP contribution in [-0.4, -0.2) is 28.0 Å². The fraction of sp³-hybridized carbons (Fsp3) is 0.211. The Morgan fingerprint density at radius 1 is 1.15 bits per heavy atom. The minimum atomic E-state index is -4.14. The summed E-state index contributed by atoms with van der Waals surface area (Å²) < 4.78 is 43.4. The second kappa shape index (κ2) is 7.32. The second-order valence-electron chi connectivity index (χ2n) is 5.80. The van der Waals surface area contributed by atoms with Crippen molar-refractivity contribution in [2.75, 3.05) is 13.7 Å². The van der Waals surface area contributed by atoms with Gasteiger partial charge in [-0.2, -0.15) is 0 Å². The first kappa shape index (κ1) is 18.8. The van der Waals surface area contributed by atoms with Crippen LogP contribution in [0.15, 0.2) is 51.8 Å². The van der Waals surface area contributed by atoms with Gasteiger partial charge in [0, 0.05) is 6.07 Å². The quantitative estimate of drug-likeness (QED) is 0.695. The second-order valence-corrected chi connectivity index (χ2v) is 7.45. The Hall–Kier alpha value is -3.00. The number of fused-ring (bicyclic) bond motifs is 1. The van der Waals surface area contributed by atoms with Crippen molar-refractivity contribution in [3.05, 3.63) is 53.8 Å². The first-order valence-electron chi connectivity index (χ1n) is 8.23. The molecule has 8 heteroatoms. The van der Waals surface area contributed by atoms with Gasteiger partial charge < -0.3 is 13.9 Å². The molecule has 0 spiro atoms. The standard InChI is InChI=1S/C19H19NO6S/c1-4-25-14-7-5-6-8-18(14)27(22,23)20-19(21)17-11-13-15(24-3)9-12(2)10-16(13)26-17/h5-11H,4H2,1-3H3,(H,20,21). The van der Waals surface area contributed by atoms with Crippen LogP contribution in [0.2, 0.25) is 0 Å². The maximum Gasteiger partial charge on any atom is 0.300 e. The van der Waals surface area contributed by atoms with Crippen LogP contribution in [0.1, 0.15) is 23.0 Å². The number of sulfonamides is 1. The fourth-order valence-corrected chi connectivity index (χ4v) is 3.80. The number of aryl methyl sites for hydroxylation is 1. The zero-order valence-corrected chi connectivity index (χ0v) is 15.9. The Labute approximate surface area is 156 Å². The molecule has 27 heavy (non-hydrogen) atoms. The molecule has 0 fully saturated rings. The summed E-state index contributed by atoms with van der Waals surface area (Å²) in [5.74, 6) is -0.303. The van der Waals surface area contributed by atoms with Crippen molar-refractivity contribution in [2.45, 2.75) is 18.7 Å². The minimum Gasteiger partial charge on any atom is -0.496 e. The number of nitrogens with one attached hydrogen (secondary N) is 1. The van der Waals surface area contributed by atoms with Crippen LogP contribution in [0, 0.1) is 6.92 Å². The summed E-state index contributed by atoms with van der Waals surface area (Å²) in [7, 11) is -2.63. The number of hydrogen-bond acceptors (Lipinski definition) is 6. The van der Waals surface area contributed by atoms with Gasteiger partial charge in [-0.15, -0.1) is 0 Å². The molecular formula is C19H19NO6S. The van der Waals surface area contributed by atoms with Crippen LogP contribution >= 0.6 is 0 Å². The normalized spacial score (nSPS) is 11.4. The third-order valence-electron chi connectivity index (χ3n) is 3.85. The average molecular weight is 389 g/mol.